The van der Waals surface area contributed by atoms with Crippen LogP contribution in [0.5, 0.6) is 0 Å². The van der Waals surface area contributed by atoms with E-state index in [1.807, 2.05) is 31.2 Å². The summed E-state index contributed by atoms with van der Waals surface area (Å²) >= 11 is 4.90. The largest absolute Gasteiger partial charge is 0.389 e. The first-order valence-electron chi connectivity index (χ1n) is 5.35. The molecule has 4 heteroatoms. The predicted octanol–water partition coefficient (Wildman–Crippen LogP) is 1.28. The van der Waals surface area contributed by atoms with Gasteiger partial charge in [-0.3, -0.25) is 0 Å². The fourth-order valence-electron chi connectivity index (χ4n) is 2.00. The quantitative estimate of drug-likeness (QED) is 0.760. The molecule has 0 amide bonds. The molecule has 1 atom stereocenters. The number of hydrogen-bond donors (Lipinski definition) is 2. The zero-order chi connectivity index (χ0) is 11.8. The van der Waals surface area contributed by atoms with Gasteiger partial charge in [-0.1, -0.05) is 12.2 Å². The van der Waals surface area contributed by atoms with Crippen molar-refractivity contribution in [3.8, 4) is 0 Å². The first-order chi connectivity index (χ1) is 7.48. The summed E-state index contributed by atoms with van der Waals surface area (Å²) in [7, 11) is 0. The molecular formula is C12H16N2OS. The minimum atomic E-state index is -0.568. The van der Waals surface area contributed by atoms with E-state index in [4.69, 9.17) is 18.0 Å². The summed E-state index contributed by atoms with van der Waals surface area (Å²) < 4.78 is 0. The standard InChI is InChI=1S/C12H16N2OS/c1-12(15)6-7-14(8-12)10-4-2-9(3-5-10)11(13)16/h2-5,15H,6-8H2,1H3,(H2,13,16). The molecule has 16 heavy (non-hydrogen) atoms. The minimum Gasteiger partial charge on any atom is -0.389 e. The van der Waals surface area contributed by atoms with Gasteiger partial charge in [0.2, 0.25) is 0 Å². The molecular weight excluding hydrogens is 220 g/mol. The zero-order valence-corrected chi connectivity index (χ0v) is 10.1. The molecule has 1 aromatic carbocycles. The molecule has 1 saturated heterocycles. The van der Waals surface area contributed by atoms with Gasteiger partial charge in [-0.05, 0) is 37.6 Å². The normalized spacial score (nSPS) is 24.8. The number of benzene rings is 1. The molecule has 1 aliphatic heterocycles. The number of thiocarbonyl (C=S) groups is 1. The van der Waals surface area contributed by atoms with Crippen LogP contribution in [0.1, 0.15) is 18.9 Å². The Morgan fingerprint density at radius 2 is 2.06 bits per heavy atom. The van der Waals surface area contributed by atoms with Crippen LogP contribution in [0, 0.1) is 0 Å². The van der Waals surface area contributed by atoms with E-state index >= 15 is 0 Å². The van der Waals surface area contributed by atoms with E-state index in [-0.39, 0.29) is 0 Å². The van der Waals surface area contributed by atoms with Crippen molar-refractivity contribution in [2.24, 2.45) is 5.73 Å². The second-order valence-electron chi connectivity index (χ2n) is 4.58. The average Bonchev–Trinajstić information content (AvgIpc) is 2.59. The van der Waals surface area contributed by atoms with E-state index in [0.717, 1.165) is 24.2 Å². The molecule has 2 rings (SSSR count). The molecule has 0 spiro atoms. The predicted molar refractivity (Wildman–Crippen MR) is 69.8 cm³/mol. The molecule has 1 heterocycles. The molecule has 1 fully saturated rings. The van der Waals surface area contributed by atoms with Gasteiger partial charge in [-0.15, -0.1) is 0 Å². The average molecular weight is 236 g/mol. The molecule has 1 aliphatic rings. The Bertz CT molecular complexity index is 400. The number of aliphatic hydroxyl groups is 1. The maximum atomic E-state index is 9.89. The van der Waals surface area contributed by atoms with Crippen LogP contribution in [0.15, 0.2) is 24.3 Å². The third-order valence-corrected chi connectivity index (χ3v) is 3.20. The maximum Gasteiger partial charge on any atom is 0.103 e. The van der Waals surface area contributed by atoms with Gasteiger partial charge in [-0.25, -0.2) is 0 Å². The smallest absolute Gasteiger partial charge is 0.103 e. The van der Waals surface area contributed by atoms with E-state index in [2.05, 4.69) is 4.90 Å². The van der Waals surface area contributed by atoms with Crippen molar-refractivity contribution in [2.75, 3.05) is 18.0 Å². The van der Waals surface area contributed by atoms with Gasteiger partial charge >= 0.3 is 0 Å². The van der Waals surface area contributed by atoms with Gasteiger partial charge in [0.25, 0.3) is 0 Å². The van der Waals surface area contributed by atoms with Crippen LogP contribution in [0.4, 0.5) is 5.69 Å². The summed E-state index contributed by atoms with van der Waals surface area (Å²) in [6, 6.07) is 7.83. The number of hydrogen-bond acceptors (Lipinski definition) is 3. The van der Waals surface area contributed by atoms with Crippen molar-refractivity contribution in [3.63, 3.8) is 0 Å². The number of anilines is 1. The third-order valence-electron chi connectivity index (χ3n) is 2.97. The maximum absolute atomic E-state index is 9.89. The highest BCUT2D eigenvalue weighted by Gasteiger charge is 2.31. The molecule has 3 nitrogen and oxygen atoms in total. The molecule has 0 aliphatic carbocycles. The lowest BCUT2D eigenvalue weighted by Crippen LogP contribution is -2.29. The molecule has 0 radical (unpaired) electrons. The second-order valence-corrected chi connectivity index (χ2v) is 5.02. The Morgan fingerprint density at radius 3 is 2.50 bits per heavy atom. The number of rotatable bonds is 2. The molecule has 0 aromatic heterocycles. The second kappa shape index (κ2) is 4.03. The first kappa shape index (κ1) is 11.4. The molecule has 0 saturated carbocycles. The van der Waals surface area contributed by atoms with Crippen molar-refractivity contribution < 1.29 is 5.11 Å². The van der Waals surface area contributed by atoms with Crippen molar-refractivity contribution in [2.45, 2.75) is 18.9 Å². The summed E-state index contributed by atoms with van der Waals surface area (Å²) in [5.41, 5.74) is 6.96. The summed E-state index contributed by atoms with van der Waals surface area (Å²) in [4.78, 5) is 2.59. The Balaban J connectivity index is 2.14. The van der Waals surface area contributed by atoms with Crippen LogP contribution in [0.2, 0.25) is 0 Å². The molecule has 3 N–H and O–H groups in total. The Hall–Kier alpha value is -1.13. The van der Waals surface area contributed by atoms with E-state index < -0.39 is 5.60 Å². The third kappa shape index (κ3) is 2.33. The van der Waals surface area contributed by atoms with Gasteiger partial charge < -0.3 is 15.7 Å². The lowest BCUT2D eigenvalue weighted by molar-refractivity contribution is 0.0839. The fourth-order valence-corrected chi connectivity index (χ4v) is 2.14. The van der Waals surface area contributed by atoms with Crippen LogP contribution >= 0.6 is 12.2 Å². The molecule has 0 bridgehead atoms. The van der Waals surface area contributed by atoms with Crippen molar-refractivity contribution in [3.05, 3.63) is 29.8 Å². The van der Waals surface area contributed by atoms with Crippen molar-refractivity contribution in [1.82, 2.24) is 0 Å². The van der Waals surface area contributed by atoms with Crippen molar-refractivity contribution in [1.29, 1.82) is 0 Å². The number of nitrogens with zero attached hydrogens (tertiary/aromatic N) is 1. The minimum absolute atomic E-state index is 0.417. The lowest BCUT2D eigenvalue weighted by atomic mass is 10.1. The van der Waals surface area contributed by atoms with Crippen LogP contribution in [0.25, 0.3) is 0 Å². The van der Waals surface area contributed by atoms with Gasteiger partial charge in [-0.2, -0.15) is 0 Å². The fraction of sp³-hybridized carbons (Fsp3) is 0.417. The Kier molecular flexibility index (Phi) is 2.86. The topological polar surface area (TPSA) is 49.5 Å². The van der Waals surface area contributed by atoms with Crippen LogP contribution in [0.3, 0.4) is 0 Å². The highest BCUT2D eigenvalue weighted by atomic mass is 32.1. The summed E-state index contributed by atoms with van der Waals surface area (Å²) in [6.07, 6.45) is 0.810. The first-order valence-corrected chi connectivity index (χ1v) is 5.76. The Morgan fingerprint density at radius 1 is 1.44 bits per heavy atom. The SMILES string of the molecule is CC1(O)CCN(c2ccc(C(N)=S)cc2)C1. The van der Waals surface area contributed by atoms with Crippen LogP contribution in [-0.2, 0) is 0 Å². The highest BCUT2D eigenvalue weighted by molar-refractivity contribution is 7.80. The van der Waals surface area contributed by atoms with Gasteiger partial charge in [0.05, 0.1) is 5.60 Å². The van der Waals surface area contributed by atoms with Gasteiger partial charge in [0.15, 0.2) is 0 Å². The molecule has 1 aromatic rings. The van der Waals surface area contributed by atoms with E-state index in [9.17, 15) is 5.11 Å². The Labute approximate surface area is 101 Å². The van der Waals surface area contributed by atoms with Crippen molar-refractivity contribution >= 4 is 22.9 Å². The van der Waals surface area contributed by atoms with Gasteiger partial charge in [0, 0.05) is 24.3 Å². The monoisotopic (exact) mass is 236 g/mol. The number of β-amino-alcohol motifs (C(OH)–C–C–N with tert-alkyl or cyclic N) is 1. The van der Waals surface area contributed by atoms with Gasteiger partial charge in [0.1, 0.15) is 4.99 Å². The highest BCUT2D eigenvalue weighted by Crippen LogP contribution is 2.26. The zero-order valence-electron chi connectivity index (χ0n) is 9.31. The summed E-state index contributed by atoms with van der Waals surface area (Å²) in [5, 5.41) is 9.89. The van der Waals surface area contributed by atoms with E-state index in [0.29, 0.717) is 11.5 Å². The molecule has 86 valence electrons. The van der Waals surface area contributed by atoms with Crippen LogP contribution < -0.4 is 10.6 Å². The summed E-state index contributed by atoms with van der Waals surface area (Å²) in [5.74, 6) is 0. The van der Waals surface area contributed by atoms with E-state index in [1.165, 1.54) is 0 Å². The van der Waals surface area contributed by atoms with E-state index in [1.54, 1.807) is 0 Å². The summed E-state index contributed by atoms with van der Waals surface area (Å²) in [6.45, 7) is 3.44. The lowest BCUT2D eigenvalue weighted by Gasteiger charge is -2.21. The molecule has 1 unspecified atom stereocenters. The van der Waals surface area contributed by atoms with Crippen LogP contribution in [-0.4, -0.2) is 28.8 Å². The number of nitrogens with two attached hydrogens (primary N) is 1.